The van der Waals surface area contributed by atoms with E-state index in [1.165, 1.54) is 14.0 Å². The molecule has 0 fully saturated rings. The first-order valence-electron chi connectivity index (χ1n) is 8.89. The van der Waals surface area contributed by atoms with Gasteiger partial charge in [-0.05, 0) is 43.8 Å². The average molecular weight is 387 g/mol. The normalized spacial score (nSPS) is 10.6. The number of amides is 2. The molecule has 0 saturated heterocycles. The number of carbonyl (C=O) groups excluding carboxylic acids is 3. The quantitative estimate of drug-likeness (QED) is 0.676. The zero-order valence-electron chi connectivity index (χ0n) is 16.5. The van der Waals surface area contributed by atoms with Crippen LogP contribution in [0.3, 0.4) is 0 Å². The number of likely N-dealkylation sites (N-methyl/N-ethyl adjacent to an activating group) is 1. The Morgan fingerprint density at radius 2 is 1.71 bits per heavy atom. The van der Waals surface area contributed by atoms with E-state index >= 15 is 0 Å². The summed E-state index contributed by atoms with van der Waals surface area (Å²) in [7, 11) is 1.32. The van der Waals surface area contributed by atoms with Crippen LogP contribution < -0.4 is 10.6 Å². The third-order valence-corrected chi connectivity index (χ3v) is 4.06. The Bertz CT molecular complexity index is 842. The smallest absolute Gasteiger partial charge is 0.341 e. The zero-order chi connectivity index (χ0) is 20.7. The SMILES string of the molecule is CCN(CC(=O)Nc1ccc(NC(C)=O)cc1)Cc1cc(C(=O)OC)c(C)o1. The van der Waals surface area contributed by atoms with Crippen molar-refractivity contribution in [2.24, 2.45) is 0 Å². The molecule has 0 radical (unpaired) electrons. The summed E-state index contributed by atoms with van der Waals surface area (Å²) in [5.41, 5.74) is 1.68. The Morgan fingerprint density at radius 3 is 2.25 bits per heavy atom. The lowest BCUT2D eigenvalue weighted by molar-refractivity contribution is -0.117. The van der Waals surface area contributed by atoms with Crippen molar-refractivity contribution in [1.29, 1.82) is 0 Å². The fraction of sp³-hybridized carbons (Fsp3) is 0.350. The molecule has 2 aromatic rings. The summed E-state index contributed by atoms with van der Waals surface area (Å²) < 4.78 is 10.3. The highest BCUT2D eigenvalue weighted by Gasteiger charge is 2.18. The van der Waals surface area contributed by atoms with E-state index in [-0.39, 0.29) is 18.4 Å². The van der Waals surface area contributed by atoms with Crippen molar-refractivity contribution in [3.05, 3.63) is 47.4 Å². The van der Waals surface area contributed by atoms with Crippen molar-refractivity contribution in [2.75, 3.05) is 30.8 Å². The van der Waals surface area contributed by atoms with Crippen molar-refractivity contribution in [2.45, 2.75) is 27.3 Å². The van der Waals surface area contributed by atoms with Gasteiger partial charge in [-0.15, -0.1) is 0 Å². The van der Waals surface area contributed by atoms with E-state index in [1.54, 1.807) is 37.3 Å². The van der Waals surface area contributed by atoms with Crippen molar-refractivity contribution < 1.29 is 23.5 Å². The van der Waals surface area contributed by atoms with Crippen molar-refractivity contribution in [1.82, 2.24) is 4.90 Å². The molecule has 28 heavy (non-hydrogen) atoms. The van der Waals surface area contributed by atoms with Crippen LogP contribution in [-0.2, 0) is 20.9 Å². The summed E-state index contributed by atoms with van der Waals surface area (Å²) >= 11 is 0. The molecular formula is C20H25N3O5. The van der Waals surface area contributed by atoms with Gasteiger partial charge in [0.1, 0.15) is 17.1 Å². The average Bonchev–Trinajstić information content (AvgIpc) is 3.01. The number of rotatable bonds is 8. The first-order valence-corrected chi connectivity index (χ1v) is 8.89. The van der Waals surface area contributed by atoms with Gasteiger partial charge in [0, 0.05) is 18.3 Å². The van der Waals surface area contributed by atoms with Gasteiger partial charge in [-0.25, -0.2) is 4.79 Å². The van der Waals surface area contributed by atoms with Crippen LogP contribution in [0.4, 0.5) is 11.4 Å². The number of carbonyl (C=O) groups is 3. The molecule has 8 heteroatoms. The highest BCUT2D eigenvalue weighted by Crippen LogP contribution is 2.18. The van der Waals surface area contributed by atoms with E-state index in [0.717, 1.165) is 0 Å². The van der Waals surface area contributed by atoms with Crippen molar-refractivity contribution in [3.8, 4) is 0 Å². The third-order valence-electron chi connectivity index (χ3n) is 4.06. The maximum absolute atomic E-state index is 12.3. The molecule has 0 unspecified atom stereocenters. The number of methoxy groups -OCH3 is 1. The standard InChI is InChI=1S/C20H25N3O5/c1-5-23(11-17-10-18(13(2)28-17)20(26)27-4)12-19(25)22-16-8-6-15(7-9-16)21-14(3)24/h6-10H,5,11-12H2,1-4H3,(H,21,24)(H,22,25). The molecule has 0 spiro atoms. The summed E-state index contributed by atoms with van der Waals surface area (Å²) in [6.45, 7) is 6.25. The lowest BCUT2D eigenvalue weighted by Crippen LogP contribution is -2.32. The largest absolute Gasteiger partial charge is 0.465 e. The van der Waals surface area contributed by atoms with Gasteiger partial charge in [0.15, 0.2) is 0 Å². The Morgan fingerprint density at radius 1 is 1.11 bits per heavy atom. The monoisotopic (exact) mass is 387 g/mol. The van der Waals surface area contributed by atoms with E-state index in [1.807, 2.05) is 11.8 Å². The molecule has 1 heterocycles. The molecule has 2 rings (SSSR count). The maximum atomic E-state index is 12.3. The minimum absolute atomic E-state index is 0.154. The Hall–Kier alpha value is -3.13. The highest BCUT2D eigenvalue weighted by atomic mass is 16.5. The Kier molecular flexibility index (Phi) is 7.34. The maximum Gasteiger partial charge on any atom is 0.341 e. The molecule has 0 saturated carbocycles. The molecule has 2 amide bonds. The van der Waals surface area contributed by atoms with E-state index < -0.39 is 5.97 Å². The Balaban J connectivity index is 1.94. The number of benzene rings is 1. The number of esters is 1. The van der Waals surface area contributed by atoms with Crippen molar-refractivity contribution in [3.63, 3.8) is 0 Å². The number of ether oxygens (including phenoxy) is 1. The highest BCUT2D eigenvalue weighted by molar-refractivity contribution is 5.93. The number of nitrogens with one attached hydrogen (secondary N) is 2. The van der Waals surface area contributed by atoms with Gasteiger partial charge in [-0.2, -0.15) is 0 Å². The molecule has 2 N–H and O–H groups in total. The second-order valence-corrected chi connectivity index (χ2v) is 6.28. The number of furan rings is 1. The number of anilines is 2. The minimum atomic E-state index is -0.448. The van der Waals surface area contributed by atoms with E-state index in [0.29, 0.717) is 41.5 Å². The molecule has 0 aliphatic carbocycles. The van der Waals surface area contributed by atoms with Gasteiger partial charge in [0.05, 0.1) is 20.2 Å². The molecule has 1 aromatic heterocycles. The van der Waals surface area contributed by atoms with Crippen LogP contribution in [0.25, 0.3) is 0 Å². The lowest BCUT2D eigenvalue weighted by Gasteiger charge is -2.18. The molecule has 0 bridgehead atoms. The molecular weight excluding hydrogens is 362 g/mol. The fourth-order valence-corrected chi connectivity index (χ4v) is 2.68. The van der Waals surface area contributed by atoms with Crippen molar-refractivity contribution >= 4 is 29.2 Å². The molecule has 1 aromatic carbocycles. The summed E-state index contributed by atoms with van der Waals surface area (Å²) in [4.78, 5) is 36.9. The number of hydrogen-bond donors (Lipinski definition) is 2. The fourth-order valence-electron chi connectivity index (χ4n) is 2.68. The van der Waals surface area contributed by atoms with Crippen LogP contribution in [0, 0.1) is 6.92 Å². The van der Waals surface area contributed by atoms with Crippen LogP contribution in [0.15, 0.2) is 34.7 Å². The first kappa shape index (κ1) is 21.2. The van der Waals surface area contributed by atoms with E-state index in [2.05, 4.69) is 10.6 Å². The van der Waals surface area contributed by atoms with Gasteiger partial charge in [-0.1, -0.05) is 6.92 Å². The zero-order valence-corrected chi connectivity index (χ0v) is 16.5. The van der Waals surface area contributed by atoms with Crippen LogP contribution in [0.1, 0.15) is 35.7 Å². The van der Waals surface area contributed by atoms with Crippen LogP contribution >= 0.6 is 0 Å². The summed E-state index contributed by atoms with van der Waals surface area (Å²) in [6, 6.07) is 8.52. The Labute approximate surface area is 163 Å². The number of hydrogen-bond acceptors (Lipinski definition) is 6. The van der Waals surface area contributed by atoms with Gasteiger partial charge >= 0.3 is 5.97 Å². The summed E-state index contributed by atoms with van der Waals surface area (Å²) in [6.07, 6.45) is 0. The number of aryl methyl sites for hydroxylation is 1. The van der Waals surface area contributed by atoms with E-state index in [9.17, 15) is 14.4 Å². The lowest BCUT2D eigenvalue weighted by atomic mass is 10.2. The summed E-state index contributed by atoms with van der Waals surface area (Å²) in [5, 5.41) is 5.49. The molecule has 0 aliphatic rings. The van der Waals surface area contributed by atoms with Crippen LogP contribution in [0.5, 0.6) is 0 Å². The minimum Gasteiger partial charge on any atom is -0.465 e. The molecule has 150 valence electrons. The third kappa shape index (κ3) is 5.95. The first-order chi connectivity index (χ1) is 13.3. The topological polar surface area (TPSA) is 101 Å². The van der Waals surface area contributed by atoms with Gasteiger partial charge in [0.25, 0.3) is 0 Å². The van der Waals surface area contributed by atoms with E-state index in [4.69, 9.17) is 9.15 Å². The van der Waals surface area contributed by atoms with Gasteiger partial charge in [-0.3, -0.25) is 14.5 Å². The van der Waals surface area contributed by atoms with Gasteiger partial charge < -0.3 is 19.8 Å². The number of nitrogens with zero attached hydrogens (tertiary/aromatic N) is 1. The van der Waals surface area contributed by atoms with Crippen LogP contribution in [-0.4, -0.2) is 42.9 Å². The molecule has 8 nitrogen and oxygen atoms in total. The molecule has 0 aliphatic heterocycles. The predicted molar refractivity (Wildman–Crippen MR) is 105 cm³/mol. The van der Waals surface area contributed by atoms with Gasteiger partial charge in [0.2, 0.25) is 11.8 Å². The molecule has 0 atom stereocenters. The van der Waals surface area contributed by atoms with Crippen LogP contribution in [0.2, 0.25) is 0 Å². The predicted octanol–water partition coefficient (Wildman–Crippen LogP) is 2.79. The summed E-state index contributed by atoms with van der Waals surface area (Å²) in [5.74, 6) is 0.300. The second-order valence-electron chi connectivity index (χ2n) is 6.28. The second kappa shape index (κ2) is 9.70.